The number of carbonyl (C=O) groups excluding carboxylic acids is 2. The first kappa shape index (κ1) is 25.8. The van der Waals surface area contributed by atoms with E-state index < -0.39 is 12.1 Å². The quantitative estimate of drug-likeness (QED) is 0.548. The normalized spacial score (nSPS) is 18.2. The summed E-state index contributed by atoms with van der Waals surface area (Å²) in [6.07, 6.45) is -4.37. The maximum atomic E-state index is 12.9. The predicted molar refractivity (Wildman–Crippen MR) is 124 cm³/mol. The van der Waals surface area contributed by atoms with Gasteiger partial charge < -0.3 is 19.9 Å². The van der Waals surface area contributed by atoms with Crippen LogP contribution in [-0.2, 0) is 17.8 Å². The molecule has 0 bridgehead atoms. The minimum atomic E-state index is -5.08. The number of fused-ring (bicyclic) bond motifs is 2. The van der Waals surface area contributed by atoms with Gasteiger partial charge in [-0.3, -0.25) is 9.59 Å². The van der Waals surface area contributed by atoms with Crippen molar-refractivity contribution < 1.29 is 32.7 Å². The summed E-state index contributed by atoms with van der Waals surface area (Å²) in [7, 11) is 0. The molecule has 1 fully saturated rings. The van der Waals surface area contributed by atoms with E-state index >= 15 is 0 Å². The number of alkyl halides is 3. The highest BCUT2D eigenvalue weighted by Crippen LogP contribution is 2.33. The second-order valence-electron chi connectivity index (χ2n) is 8.77. The Morgan fingerprint density at radius 3 is 2.30 bits per heavy atom. The molecule has 10 nitrogen and oxygen atoms in total. The molecule has 2 unspecified atom stereocenters. The number of nitrogens with one attached hydrogen (secondary N) is 1. The molecule has 37 heavy (non-hydrogen) atoms. The van der Waals surface area contributed by atoms with Crippen molar-refractivity contribution >= 4 is 23.5 Å². The summed E-state index contributed by atoms with van der Waals surface area (Å²) in [6, 6.07) is 14.8. The lowest BCUT2D eigenvalue weighted by Gasteiger charge is -2.25. The molecule has 194 valence electrons. The van der Waals surface area contributed by atoms with Crippen LogP contribution in [0.3, 0.4) is 0 Å². The van der Waals surface area contributed by atoms with Gasteiger partial charge in [0, 0.05) is 37.4 Å². The smallest absolute Gasteiger partial charge is 0.475 e. The Morgan fingerprint density at radius 2 is 1.65 bits per heavy atom. The Hall–Kier alpha value is -4.29. The zero-order valence-corrected chi connectivity index (χ0v) is 19.6. The van der Waals surface area contributed by atoms with Crippen LogP contribution in [0.5, 0.6) is 0 Å². The Kier molecular flexibility index (Phi) is 7.23. The summed E-state index contributed by atoms with van der Waals surface area (Å²) in [5.74, 6) is -1.35. The molecule has 0 saturated carbocycles. The van der Waals surface area contributed by atoms with Gasteiger partial charge in [0.25, 0.3) is 11.8 Å². The lowest BCUT2D eigenvalue weighted by molar-refractivity contribution is -0.192. The molecule has 2 atom stereocenters. The maximum absolute atomic E-state index is 12.9. The van der Waals surface area contributed by atoms with Gasteiger partial charge in [-0.15, -0.1) is 10.2 Å². The number of carboxylic acid groups (broad SMARTS) is 1. The highest BCUT2D eigenvalue weighted by atomic mass is 19.4. The number of amides is 2. The Labute approximate surface area is 209 Å². The lowest BCUT2D eigenvalue weighted by Crippen LogP contribution is -2.31. The van der Waals surface area contributed by atoms with E-state index in [0.717, 1.165) is 17.2 Å². The number of hydrogen-bond acceptors (Lipinski definition) is 6. The lowest BCUT2D eigenvalue weighted by atomic mass is 9.89. The van der Waals surface area contributed by atoms with Crippen LogP contribution in [0.15, 0.2) is 48.5 Å². The Bertz CT molecular complexity index is 1310. The minimum absolute atomic E-state index is 0.0362. The predicted octanol–water partition coefficient (Wildman–Crippen LogP) is 2.81. The van der Waals surface area contributed by atoms with Gasteiger partial charge >= 0.3 is 12.1 Å². The molecule has 1 saturated heterocycles. The average Bonchev–Trinajstić information content (AvgIpc) is 3.46. The fourth-order valence-corrected chi connectivity index (χ4v) is 4.39. The van der Waals surface area contributed by atoms with E-state index in [9.17, 15) is 22.8 Å². The maximum Gasteiger partial charge on any atom is 0.490 e. The standard InChI is InChI=1S/C22H22N6O2.C2HF3O2/c1-14-6-5-9-18(23-14)22(30)27-11-15-10-19-25-26-20(28(19)13-16(15)12-27)21(29)24-17-7-3-2-4-8-17;3-2(4,5)1(6)7/h2-9,15-16H,10-13H2,1H3,(H,24,29);(H,6,7). The van der Waals surface area contributed by atoms with Gasteiger partial charge in [-0.25, -0.2) is 9.78 Å². The van der Waals surface area contributed by atoms with Crippen molar-refractivity contribution in [2.75, 3.05) is 18.4 Å². The summed E-state index contributed by atoms with van der Waals surface area (Å²) >= 11 is 0. The number of aliphatic carboxylic acids is 1. The van der Waals surface area contributed by atoms with E-state index in [4.69, 9.17) is 9.90 Å². The van der Waals surface area contributed by atoms with Gasteiger partial charge in [-0.2, -0.15) is 13.2 Å². The number of para-hydroxylation sites is 1. The first-order valence-electron chi connectivity index (χ1n) is 11.3. The summed E-state index contributed by atoms with van der Waals surface area (Å²) in [5.41, 5.74) is 2.03. The van der Waals surface area contributed by atoms with E-state index in [-0.39, 0.29) is 17.7 Å². The van der Waals surface area contributed by atoms with Gasteiger partial charge in [-0.05, 0) is 43.0 Å². The second kappa shape index (κ2) is 10.4. The van der Waals surface area contributed by atoms with Gasteiger partial charge in [0.1, 0.15) is 11.5 Å². The zero-order chi connectivity index (χ0) is 26.7. The number of nitrogens with zero attached hydrogens (tertiary/aromatic N) is 5. The second-order valence-corrected chi connectivity index (χ2v) is 8.77. The van der Waals surface area contributed by atoms with Gasteiger partial charge in [0.15, 0.2) is 0 Å². The molecule has 1 aromatic carbocycles. The number of halogens is 3. The number of aryl methyl sites for hydroxylation is 1. The van der Waals surface area contributed by atoms with Crippen LogP contribution in [0.4, 0.5) is 18.9 Å². The van der Waals surface area contributed by atoms with Crippen LogP contribution < -0.4 is 5.32 Å². The van der Waals surface area contributed by atoms with Gasteiger partial charge in [0.2, 0.25) is 5.82 Å². The number of carbonyl (C=O) groups is 3. The number of rotatable bonds is 3. The topological polar surface area (TPSA) is 130 Å². The summed E-state index contributed by atoms with van der Waals surface area (Å²) in [4.78, 5) is 40.8. The number of aromatic nitrogens is 4. The number of carboxylic acids is 1. The monoisotopic (exact) mass is 516 g/mol. The summed E-state index contributed by atoms with van der Waals surface area (Å²) in [5, 5.41) is 18.4. The van der Waals surface area contributed by atoms with E-state index in [1.165, 1.54) is 0 Å². The number of benzene rings is 1. The molecular weight excluding hydrogens is 493 g/mol. The third kappa shape index (κ3) is 5.93. The van der Waals surface area contributed by atoms with Crippen LogP contribution in [0.1, 0.15) is 32.6 Å². The van der Waals surface area contributed by atoms with E-state index in [1.54, 1.807) is 6.07 Å². The van der Waals surface area contributed by atoms with Gasteiger partial charge in [-0.1, -0.05) is 24.3 Å². The van der Waals surface area contributed by atoms with E-state index in [2.05, 4.69) is 20.5 Å². The third-order valence-corrected chi connectivity index (χ3v) is 6.14. The van der Waals surface area contributed by atoms with Crippen LogP contribution in [0, 0.1) is 18.8 Å². The third-order valence-electron chi connectivity index (χ3n) is 6.14. The molecule has 2 aliphatic rings. The molecule has 5 rings (SSSR count). The Balaban J connectivity index is 0.000000405. The Morgan fingerprint density at radius 1 is 0.973 bits per heavy atom. The van der Waals surface area contributed by atoms with Crippen molar-refractivity contribution in [1.82, 2.24) is 24.6 Å². The summed E-state index contributed by atoms with van der Waals surface area (Å²) in [6.45, 7) is 3.85. The van der Waals surface area contributed by atoms with Crippen LogP contribution in [0.2, 0.25) is 0 Å². The number of hydrogen-bond donors (Lipinski definition) is 2. The molecule has 2 aromatic heterocycles. The first-order valence-corrected chi connectivity index (χ1v) is 11.3. The SMILES string of the molecule is Cc1cccc(C(=O)N2CC3Cc4nnc(C(=O)Nc5ccccc5)n4CC3C2)n1.O=C(O)C(F)(F)F. The molecule has 2 aliphatic heterocycles. The van der Waals surface area contributed by atoms with Crippen LogP contribution in [0.25, 0.3) is 0 Å². The molecular formula is C24H23F3N6O4. The number of pyridine rings is 1. The van der Waals surface area contributed by atoms with Crippen molar-refractivity contribution in [3.63, 3.8) is 0 Å². The van der Waals surface area contributed by atoms with Crippen molar-refractivity contribution in [1.29, 1.82) is 0 Å². The van der Waals surface area contributed by atoms with Crippen molar-refractivity contribution in [2.45, 2.75) is 26.1 Å². The first-order chi connectivity index (χ1) is 17.5. The molecule has 0 aliphatic carbocycles. The molecule has 2 amide bonds. The molecule has 3 aromatic rings. The van der Waals surface area contributed by atoms with Crippen molar-refractivity contribution in [3.05, 3.63) is 71.6 Å². The molecule has 0 spiro atoms. The largest absolute Gasteiger partial charge is 0.490 e. The van der Waals surface area contributed by atoms with Crippen molar-refractivity contribution in [2.24, 2.45) is 11.8 Å². The zero-order valence-electron chi connectivity index (χ0n) is 19.6. The fraction of sp³-hybridized carbons (Fsp3) is 0.333. The molecule has 0 radical (unpaired) electrons. The molecule has 13 heteroatoms. The fourth-order valence-electron chi connectivity index (χ4n) is 4.39. The molecule has 4 heterocycles. The highest BCUT2D eigenvalue weighted by molar-refractivity contribution is 6.01. The van der Waals surface area contributed by atoms with E-state index in [0.29, 0.717) is 43.5 Å². The van der Waals surface area contributed by atoms with Crippen LogP contribution in [-0.4, -0.2) is 66.8 Å². The molecule has 2 N–H and O–H groups in total. The van der Waals surface area contributed by atoms with Crippen molar-refractivity contribution in [3.8, 4) is 0 Å². The van der Waals surface area contributed by atoms with Crippen LogP contribution >= 0.6 is 0 Å². The average molecular weight is 516 g/mol. The number of likely N-dealkylation sites (tertiary alicyclic amines) is 1. The minimum Gasteiger partial charge on any atom is -0.475 e. The number of anilines is 1. The summed E-state index contributed by atoms with van der Waals surface area (Å²) < 4.78 is 33.6. The van der Waals surface area contributed by atoms with E-state index in [1.807, 2.05) is 58.9 Å². The highest BCUT2D eigenvalue weighted by Gasteiger charge is 2.41. The van der Waals surface area contributed by atoms with Gasteiger partial charge in [0.05, 0.1) is 0 Å².